The largest absolute Gasteiger partial charge is 0.466 e. The molecule has 0 atom stereocenters. The van der Waals surface area contributed by atoms with E-state index in [4.69, 9.17) is 19.2 Å². The Hall–Kier alpha value is -0.780. The van der Waals surface area contributed by atoms with Gasteiger partial charge in [0, 0.05) is 12.4 Å². The number of hydrogen-bond acceptors (Lipinski definition) is 2. The monoisotopic (exact) mass is 195 g/mol. The van der Waals surface area contributed by atoms with Crippen LogP contribution in [-0.4, -0.2) is 25.1 Å². The fourth-order valence-corrected chi connectivity index (χ4v) is 0.313. The number of nitrogens with zero attached hydrogens (tertiary/aromatic N) is 1. The summed E-state index contributed by atoms with van der Waals surface area (Å²) in [6, 6.07) is 5.72. The van der Waals surface area contributed by atoms with Crippen LogP contribution in [0.25, 0.3) is 0 Å². The highest BCUT2D eigenvalue weighted by Gasteiger charge is 2.00. The summed E-state index contributed by atoms with van der Waals surface area (Å²) >= 11 is 0. The molecule has 0 amide bonds. The Morgan fingerprint density at radius 1 is 1.00 bits per heavy atom. The third kappa shape index (κ3) is 22.9. The lowest BCUT2D eigenvalue weighted by molar-refractivity contribution is 0.275. The lowest BCUT2D eigenvalue weighted by Crippen LogP contribution is -1.66. The van der Waals surface area contributed by atoms with Gasteiger partial charge in [0.1, 0.15) is 0 Å². The van der Waals surface area contributed by atoms with Crippen LogP contribution in [0.1, 0.15) is 0 Å². The second kappa shape index (κ2) is 6.90. The minimum Gasteiger partial charge on any atom is -0.412 e. The van der Waals surface area contributed by atoms with Gasteiger partial charge in [-0.1, -0.05) is 6.07 Å². The first-order chi connectivity index (χ1) is 5.00. The molecule has 0 aromatic carbocycles. The first-order valence-corrected chi connectivity index (χ1v) is 4.20. The second-order valence-electron chi connectivity index (χ2n) is 1.54. The molecule has 7 heteroatoms. The van der Waals surface area contributed by atoms with Crippen LogP contribution in [0, 0.1) is 0 Å². The third-order valence-electron chi connectivity index (χ3n) is 0.566. The molecule has 0 radical (unpaired) electrons. The smallest absolute Gasteiger partial charge is 0.412 e. The molecule has 0 aliphatic heterocycles. The maximum atomic E-state index is 8.88. The van der Waals surface area contributed by atoms with Crippen molar-refractivity contribution in [2.45, 2.75) is 0 Å². The molecule has 0 aliphatic rings. The first-order valence-electron chi connectivity index (χ1n) is 2.63. The van der Waals surface area contributed by atoms with Crippen molar-refractivity contribution < 1.29 is 24.7 Å². The van der Waals surface area contributed by atoms with Gasteiger partial charge in [-0.05, 0) is 12.1 Å². The molecule has 12 heavy (non-hydrogen) atoms. The van der Waals surface area contributed by atoms with E-state index in [0.29, 0.717) is 0 Å². The summed E-state index contributed by atoms with van der Waals surface area (Å²) in [5.41, 5.74) is 0. The molecular formula is C5H10NO5P. The maximum Gasteiger partial charge on any atom is 0.466 e. The molecule has 0 bridgehead atoms. The standard InChI is InChI=1S/C5H5N.H3O4P.H2O/c1-2-4-6-5-3-1;1-5(2,3)4;/h1-5H;(H3,1,2,3,4);1H2. The van der Waals surface area contributed by atoms with E-state index in [-0.39, 0.29) is 5.48 Å². The average molecular weight is 195 g/mol. The van der Waals surface area contributed by atoms with Gasteiger partial charge in [0.2, 0.25) is 0 Å². The molecule has 0 aliphatic carbocycles. The van der Waals surface area contributed by atoms with Crippen LogP contribution in [0.4, 0.5) is 0 Å². The van der Waals surface area contributed by atoms with E-state index in [1.807, 2.05) is 18.2 Å². The number of hydrogen-bond donors (Lipinski definition) is 3. The van der Waals surface area contributed by atoms with Gasteiger partial charge in [-0.15, -0.1) is 0 Å². The number of rotatable bonds is 0. The molecular weight excluding hydrogens is 185 g/mol. The highest BCUT2D eigenvalue weighted by Crippen LogP contribution is 2.25. The van der Waals surface area contributed by atoms with Crippen LogP contribution in [0.2, 0.25) is 0 Å². The van der Waals surface area contributed by atoms with Gasteiger partial charge in [0.05, 0.1) is 0 Å². The van der Waals surface area contributed by atoms with Gasteiger partial charge in [-0.25, -0.2) is 4.57 Å². The van der Waals surface area contributed by atoms with Gasteiger partial charge in [0.15, 0.2) is 0 Å². The fraction of sp³-hybridized carbons (Fsp3) is 0. The van der Waals surface area contributed by atoms with Crippen molar-refractivity contribution >= 4 is 7.82 Å². The molecule has 1 heterocycles. The quantitative estimate of drug-likeness (QED) is 0.473. The second-order valence-corrected chi connectivity index (χ2v) is 2.56. The normalized spacial score (nSPS) is 8.92. The number of aromatic nitrogens is 1. The summed E-state index contributed by atoms with van der Waals surface area (Å²) in [7, 11) is -4.64. The van der Waals surface area contributed by atoms with Crippen molar-refractivity contribution in [2.24, 2.45) is 0 Å². The third-order valence-corrected chi connectivity index (χ3v) is 0.566. The van der Waals surface area contributed by atoms with E-state index in [0.717, 1.165) is 0 Å². The highest BCUT2D eigenvalue weighted by molar-refractivity contribution is 7.45. The lowest BCUT2D eigenvalue weighted by atomic mass is 10.5. The van der Waals surface area contributed by atoms with Crippen molar-refractivity contribution in [1.82, 2.24) is 4.98 Å². The van der Waals surface area contributed by atoms with Crippen molar-refractivity contribution in [3.8, 4) is 0 Å². The lowest BCUT2D eigenvalue weighted by Gasteiger charge is -1.82. The molecule has 70 valence electrons. The molecule has 0 spiro atoms. The molecule has 1 rings (SSSR count). The van der Waals surface area contributed by atoms with Crippen LogP contribution in [0.5, 0.6) is 0 Å². The summed E-state index contributed by atoms with van der Waals surface area (Å²) in [5.74, 6) is 0. The van der Waals surface area contributed by atoms with E-state index in [1.54, 1.807) is 12.4 Å². The van der Waals surface area contributed by atoms with Gasteiger partial charge in [-0.2, -0.15) is 0 Å². The Morgan fingerprint density at radius 3 is 1.42 bits per heavy atom. The zero-order chi connectivity index (χ0) is 8.74. The Morgan fingerprint density at radius 2 is 1.33 bits per heavy atom. The SMILES string of the molecule is O.O=P(O)(O)O.c1ccncc1. The average Bonchev–Trinajstić information content (AvgIpc) is 1.88. The topological polar surface area (TPSA) is 122 Å². The highest BCUT2D eigenvalue weighted by atomic mass is 31.2. The van der Waals surface area contributed by atoms with Gasteiger partial charge < -0.3 is 20.2 Å². The van der Waals surface area contributed by atoms with Crippen molar-refractivity contribution in [1.29, 1.82) is 0 Å². The summed E-state index contributed by atoms with van der Waals surface area (Å²) in [4.78, 5) is 25.3. The minimum atomic E-state index is -4.64. The van der Waals surface area contributed by atoms with Gasteiger partial charge >= 0.3 is 7.82 Å². The van der Waals surface area contributed by atoms with Crippen LogP contribution >= 0.6 is 7.82 Å². The van der Waals surface area contributed by atoms with Crippen molar-refractivity contribution in [3.63, 3.8) is 0 Å². The van der Waals surface area contributed by atoms with E-state index >= 15 is 0 Å². The molecule has 5 N–H and O–H groups in total. The zero-order valence-corrected chi connectivity index (χ0v) is 6.93. The van der Waals surface area contributed by atoms with E-state index in [1.165, 1.54) is 0 Å². The maximum absolute atomic E-state index is 8.88. The molecule has 1 aromatic heterocycles. The molecule has 0 saturated heterocycles. The van der Waals surface area contributed by atoms with Crippen LogP contribution in [-0.2, 0) is 4.57 Å². The van der Waals surface area contributed by atoms with Crippen LogP contribution in [0.3, 0.4) is 0 Å². The van der Waals surface area contributed by atoms with Crippen LogP contribution in [0.15, 0.2) is 30.6 Å². The zero-order valence-electron chi connectivity index (χ0n) is 6.03. The number of pyridine rings is 1. The number of phosphoric acid groups is 1. The Labute approximate surface area is 69.1 Å². The predicted molar refractivity (Wildman–Crippen MR) is 42.1 cm³/mol. The first kappa shape index (κ1) is 13.8. The van der Waals surface area contributed by atoms with Crippen LogP contribution < -0.4 is 0 Å². The molecule has 0 saturated carbocycles. The van der Waals surface area contributed by atoms with Gasteiger partial charge in [0.25, 0.3) is 0 Å². The Bertz CT molecular complexity index is 188. The summed E-state index contributed by atoms with van der Waals surface area (Å²) in [6.45, 7) is 0. The molecule has 1 aromatic rings. The van der Waals surface area contributed by atoms with Gasteiger partial charge in [-0.3, -0.25) is 4.98 Å². The Balaban J connectivity index is 0. The summed E-state index contributed by atoms with van der Waals surface area (Å²) < 4.78 is 8.88. The summed E-state index contributed by atoms with van der Waals surface area (Å²) in [6.07, 6.45) is 3.50. The Kier molecular flexibility index (Phi) is 7.93. The summed E-state index contributed by atoms with van der Waals surface area (Å²) in [5, 5.41) is 0. The molecule has 0 unspecified atom stereocenters. The predicted octanol–water partition coefficient (Wildman–Crippen LogP) is -0.672. The van der Waals surface area contributed by atoms with E-state index < -0.39 is 7.82 Å². The van der Waals surface area contributed by atoms with Crippen molar-refractivity contribution in [2.75, 3.05) is 0 Å². The van der Waals surface area contributed by atoms with E-state index in [2.05, 4.69) is 4.98 Å². The molecule has 0 fully saturated rings. The molecule has 6 nitrogen and oxygen atoms in total. The van der Waals surface area contributed by atoms with E-state index in [9.17, 15) is 0 Å². The van der Waals surface area contributed by atoms with Crippen molar-refractivity contribution in [3.05, 3.63) is 30.6 Å². The minimum absolute atomic E-state index is 0. The fourth-order valence-electron chi connectivity index (χ4n) is 0.313.